The van der Waals surface area contributed by atoms with Crippen LogP contribution >= 0.6 is 0 Å². The molecule has 1 aromatic rings. The zero-order valence-electron chi connectivity index (χ0n) is 6.64. The number of dihydropyridines is 1. The maximum absolute atomic E-state index is 3.97. The molecule has 0 aromatic carbocycles. The van der Waals surface area contributed by atoms with Gasteiger partial charge >= 0.3 is 0 Å². The Labute approximate surface area is 71.6 Å². The Hall–Kier alpha value is -1.57. The lowest BCUT2D eigenvalue weighted by Gasteiger charge is -2.15. The normalized spacial score (nSPS) is 20.5. The molecule has 1 aromatic heterocycles. The van der Waals surface area contributed by atoms with Crippen LogP contribution in [0.1, 0.15) is 11.6 Å². The highest BCUT2D eigenvalue weighted by Gasteiger charge is 2.05. The number of allylic oxidation sites excluding steroid dienone is 2. The van der Waals surface area contributed by atoms with Crippen molar-refractivity contribution >= 4 is 0 Å². The molecule has 0 spiro atoms. The zero-order valence-corrected chi connectivity index (χ0v) is 6.64. The Bertz CT molecular complexity index is 301. The van der Waals surface area contributed by atoms with Crippen molar-refractivity contribution in [3.63, 3.8) is 0 Å². The fraction of sp³-hybridized carbons (Fsp3) is 0.100. The Morgan fingerprint density at radius 1 is 1.17 bits per heavy atom. The molecule has 2 heteroatoms. The van der Waals surface area contributed by atoms with E-state index in [1.165, 1.54) is 5.56 Å². The number of rotatable bonds is 1. The van der Waals surface area contributed by atoms with Gasteiger partial charge in [-0.05, 0) is 30.0 Å². The van der Waals surface area contributed by atoms with Gasteiger partial charge in [-0.2, -0.15) is 0 Å². The molecule has 0 bridgehead atoms. The highest BCUT2D eigenvalue weighted by atomic mass is 14.9. The molecule has 0 saturated carbocycles. The van der Waals surface area contributed by atoms with Crippen molar-refractivity contribution in [1.82, 2.24) is 10.3 Å². The summed E-state index contributed by atoms with van der Waals surface area (Å²) in [5, 5.41) is 3.24. The van der Waals surface area contributed by atoms with Crippen molar-refractivity contribution in [3.05, 3.63) is 54.5 Å². The molecule has 1 atom stereocenters. The molecule has 1 aliphatic heterocycles. The quantitative estimate of drug-likeness (QED) is 0.674. The molecule has 60 valence electrons. The second kappa shape index (κ2) is 3.22. The average Bonchev–Trinajstić information content (AvgIpc) is 2.21. The Balaban J connectivity index is 2.21. The van der Waals surface area contributed by atoms with Gasteiger partial charge in [-0.25, -0.2) is 0 Å². The van der Waals surface area contributed by atoms with E-state index in [0.29, 0.717) is 6.04 Å². The third kappa shape index (κ3) is 1.37. The number of nitrogens with zero attached hydrogens (tertiary/aromatic N) is 1. The topological polar surface area (TPSA) is 24.9 Å². The smallest absolute Gasteiger partial charge is 0.0696 e. The largest absolute Gasteiger partial charge is 0.381 e. The molecule has 2 heterocycles. The monoisotopic (exact) mass is 158 g/mol. The van der Waals surface area contributed by atoms with Crippen LogP contribution in [0.25, 0.3) is 0 Å². The lowest BCUT2D eigenvalue weighted by Crippen LogP contribution is -2.14. The van der Waals surface area contributed by atoms with Gasteiger partial charge in [0, 0.05) is 12.4 Å². The fourth-order valence-electron chi connectivity index (χ4n) is 1.22. The molecule has 1 aliphatic rings. The summed E-state index contributed by atoms with van der Waals surface area (Å²) in [5.74, 6) is 0. The summed E-state index contributed by atoms with van der Waals surface area (Å²) in [6, 6.07) is 4.33. The third-order valence-electron chi connectivity index (χ3n) is 1.85. The van der Waals surface area contributed by atoms with E-state index in [4.69, 9.17) is 0 Å². The highest BCUT2D eigenvalue weighted by Crippen LogP contribution is 2.14. The summed E-state index contributed by atoms with van der Waals surface area (Å²) in [5.41, 5.74) is 1.24. The van der Waals surface area contributed by atoms with Crippen LogP contribution in [0.15, 0.2) is 49.0 Å². The first-order valence-corrected chi connectivity index (χ1v) is 3.96. The summed E-state index contributed by atoms with van der Waals surface area (Å²) in [6.45, 7) is 0. The first-order valence-electron chi connectivity index (χ1n) is 3.96. The van der Waals surface area contributed by atoms with Gasteiger partial charge in [-0.3, -0.25) is 4.98 Å². The molecule has 1 N–H and O–H groups in total. The molecule has 1 unspecified atom stereocenters. The molecule has 2 nitrogen and oxygen atoms in total. The van der Waals surface area contributed by atoms with Crippen LogP contribution in [0.3, 0.4) is 0 Å². The SMILES string of the molecule is C1=CNC(c2ccncc2)C=C1. The maximum atomic E-state index is 3.97. The van der Waals surface area contributed by atoms with Crippen LogP contribution in [0.2, 0.25) is 0 Å². The first kappa shape index (κ1) is 7.10. The van der Waals surface area contributed by atoms with E-state index in [9.17, 15) is 0 Å². The predicted octanol–water partition coefficient (Wildman–Crippen LogP) is 1.80. The summed E-state index contributed by atoms with van der Waals surface area (Å²) in [6.07, 6.45) is 11.7. The van der Waals surface area contributed by atoms with E-state index in [2.05, 4.69) is 16.4 Å². The van der Waals surface area contributed by atoms with Crippen molar-refractivity contribution in [2.24, 2.45) is 0 Å². The van der Waals surface area contributed by atoms with Gasteiger partial charge in [-0.1, -0.05) is 12.2 Å². The van der Waals surface area contributed by atoms with Gasteiger partial charge in [0.05, 0.1) is 6.04 Å². The molecule has 12 heavy (non-hydrogen) atoms. The van der Waals surface area contributed by atoms with Gasteiger partial charge in [0.1, 0.15) is 0 Å². The summed E-state index contributed by atoms with van der Waals surface area (Å²) in [4.78, 5) is 3.97. The first-order chi connectivity index (χ1) is 5.97. The number of pyridine rings is 1. The Morgan fingerprint density at radius 3 is 2.67 bits per heavy atom. The van der Waals surface area contributed by atoms with Gasteiger partial charge in [0.25, 0.3) is 0 Å². The van der Waals surface area contributed by atoms with Gasteiger partial charge < -0.3 is 5.32 Å². The van der Waals surface area contributed by atoms with Gasteiger partial charge in [0.15, 0.2) is 0 Å². The molecule has 0 aliphatic carbocycles. The van der Waals surface area contributed by atoms with Crippen LogP contribution in [0.5, 0.6) is 0 Å². The van der Waals surface area contributed by atoms with Crippen LogP contribution in [-0.2, 0) is 0 Å². The second-order valence-electron chi connectivity index (χ2n) is 2.67. The number of nitrogens with one attached hydrogen (secondary N) is 1. The second-order valence-corrected chi connectivity index (χ2v) is 2.67. The minimum absolute atomic E-state index is 0.304. The lowest BCUT2D eigenvalue weighted by molar-refractivity contribution is 0.745. The molecule has 0 radical (unpaired) electrons. The van der Waals surface area contributed by atoms with Crippen LogP contribution < -0.4 is 5.32 Å². The molecule has 0 fully saturated rings. The minimum Gasteiger partial charge on any atom is -0.381 e. The van der Waals surface area contributed by atoms with Crippen molar-refractivity contribution in [2.75, 3.05) is 0 Å². The van der Waals surface area contributed by atoms with E-state index in [0.717, 1.165) is 0 Å². The van der Waals surface area contributed by atoms with E-state index < -0.39 is 0 Å². The Kier molecular flexibility index (Phi) is 1.90. The summed E-state index contributed by atoms with van der Waals surface area (Å²) >= 11 is 0. The predicted molar refractivity (Wildman–Crippen MR) is 48.4 cm³/mol. The van der Waals surface area contributed by atoms with Crippen molar-refractivity contribution in [2.45, 2.75) is 6.04 Å². The number of aromatic nitrogens is 1. The molecule has 0 saturated heterocycles. The van der Waals surface area contributed by atoms with E-state index in [-0.39, 0.29) is 0 Å². The number of hydrogen-bond donors (Lipinski definition) is 1. The van der Waals surface area contributed by atoms with Crippen molar-refractivity contribution < 1.29 is 0 Å². The summed E-state index contributed by atoms with van der Waals surface area (Å²) < 4.78 is 0. The molecule has 0 amide bonds. The fourth-order valence-corrected chi connectivity index (χ4v) is 1.22. The van der Waals surface area contributed by atoms with E-state index >= 15 is 0 Å². The number of hydrogen-bond acceptors (Lipinski definition) is 2. The van der Waals surface area contributed by atoms with Gasteiger partial charge in [0.2, 0.25) is 0 Å². The average molecular weight is 158 g/mol. The minimum atomic E-state index is 0.304. The van der Waals surface area contributed by atoms with Crippen LogP contribution in [0, 0.1) is 0 Å². The molecular weight excluding hydrogens is 148 g/mol. The summed E-state index contributed by atoms with van der Waals surface area (Å²) in [7, 11) is 0. The molecular formula is C10H10N2. The standard InChI is InChI=1S/C10H10N2/c1-2-6-12-10(3-1)9-4-7-11-8-5-9/h1-8,10,12H. The lowest BCUT2D eigenvalue weighted by atomic mass is 10.1. The van der Waals surface area contributed by atoms with Crippen molar-refractivity contribution in [3.8, 4) is 0 Å². The highest BCUT2D eigenvalue weighted by molar-refractivity contribution is 5.25. The zero-order chi connectivity index (χ0) is 8.23. The Morgan fingerprint density at radius 2 is 2.00 bits per heavy atom. The third-order valence-corrected chi connectivity index (χ3v) is 1.85. The molecule has 2 rings (SSSR count). The van der Waals surface area contributed by atoms with Crippen LogP contribution in [0.4, 0.5) is 0 Å². The van der Waals surface area contributed by atoms with Gasteiger partial charge in [-0.15, -0.1) is 0 Å². The van der Waals surface area contributed by atoms with Crippen molar-refractivity contribution in [1.29, 1.82) is 0 Å². The maximum Gasteiger partial charge on any atom is 0.0696 e. The van der Waals surface area contributed by atoms with Crippen LogP contribution in [-0.4, -0.2) is 4.98 Å². The van der Waals surface area contributed by atoms with E-state index in [1.807, 2.05) is 42.9 Å². The van der Waals surface area contributed by atoms with E-state index in [1.54, 1.807) is 0 Å².